The zero-order valence-electron chi connectivity index (χ0n) is 9.45. The molecule has 0 aliphatic heterocycles. The van der Waals surface area contributed by atoms with Crippen LogP contribution < -0.4 is 4.74 Å². The molecular formula is C12H9ClF2N2O. The molecule has 0 spiro atoms. The predicted octanol–water partition coefficient (Wildman–Crippen LogP) is 3.76. The summed E-state index contributed by atoms with van der Waals surface area (Å²) in [6, 6.07) is 4.26. The molecule has 0 atom stereocenters. The number of nitrogens with zero attached hydrogens (tertiary/aromatic N) is 2. The van der Waals surface area contributed by atoms with Gasteiger partial charge in [-0.3, -0.25) is 0 Å². The molecule has 1 aromatic heterocycles. The Hall–Kier alpha value is -1.75. The van der Waals surface area contributed by atoms with Gasteiger partial charge in [-0.25, -0.2) is 13.8 Å². The largest absolute Gasteiger partial charge is 0.439 e. The number of rotatable bonds is 3. The monoisotopic (exact) mass is 270 g/mol. The van der Waals surface area contributed by atoms with Crippen molar-refractivity contribution in [3.05, 3.63) is 46.9 Å². The predicted molar refractivity (Wildman–Crippen MR) is 62.9 cm³/mol. The van der Waals surface area contributed by atoms with Crippen LogP contribution in [0.2, 0.25) is 5.15 Å². The van der Waals surface area contributed by atoms with Gasteiger partial charge >= 0.3 is 0 Å². The van der Waals surface area contributed by atoms with Gasteiger partial charge in [0, 0.05) is 30.7 Å². The molecule has 2 aromatic rings. The molecule has 1 heterocycles. The van der Waals surface area contributed by atoms with Crippen molar-refractivity contribution in [2.24, 2.45) is 0 Å². The standard InChI is InChI=1S/C12H9ClF2N2O/c1-2-11-16-10(13)6-12(17-11)18-9-4-7(14)3-8(15)5-9/h3-6H,2H2,1H3. The molecule has 0 saturated carbocycles. The first-order valence-electron chi connectivity index (χ1n) is 5.24. The molecule has 18 heavy (non-hydrogen) atoms. The minimum atomic E-state index is -0.721. The average Bonchev–Trinajstić information content (AvgIpc) is 2.26. The van der Waals surface area contributed by atoms with Crippen LogP contribution in [-0.4, -0.2) is 9.97 Å². The van der Waals surface area contributed by atoms with Crippen LogP contribution in [0.3, 0.4) is 0 Å². The summed E-state index contributed by atoms with van der Waals surface area (Å²) in [5.74, 6) is -0.780. The van der Waals surface area contributed by atoms with Crippen LogP contribution in [0.4, 0.5) is 8.78 Å². The van der Waals surface area contributed by atoms with Gasteiger partial charge in [0.25, 0.3) is 0 Å². The highest BCUT2D eigenvalue weighted by Gasteiger charge is 2.06. The molecule has 1 aromatic carbocycles. The Morgan fingerprint density at radius 2 is 1.78 bits per heavy atom. The van der Waals surface area contributed by atoms with E-state index in [-0.39, 0.29) is 16.8 Å². The Kier molecular flexibility index (Phi) is 3.72. The fourth-order valence-electron chi connectivity index (χ4n) is 1.36. The molecule has 0 aliphatic rings. The normalized spacial score (nSPS) is 10.4. The second-order valence-corrected chi connectivity index (χ2v) is 3.89. The smallest absolute Gasteiger partial charge is 0.224 e. The SMILES string of the molecule is CCc1nc(Cl)cc(Oc2cc(F)cc(F)c2)n1. The van der Waals surface area contributed by atoms with Crippen LogP contribution >= 0.6 is 11.6 Å². The van der Waals surface area contributed by atoms with Crippen LogP contribution in [0.1, 0.15) is 12.7 Å². The Bertz CT molecular complexity index is 558. The number of halogens is 3. The van der Waals surface area contributed by atoms with Gasteiger partial charge in [-0.2, -0.15) is 4.98 Å². The minimum Gasteiger partial charge on any atom is -0.439 e. The molecule has 0 N–H and O–H groups in total. The third kappa shape index (κ3) is 3.13. The van der Waals surface area contributed by atoms with Gasteiger partial charge in [-0.1, -0.05) is 18.5 Å². The number of hydrogen-bond acceptors (Lipinski definition) is 3. The fourth-order valence-corrected chi connectivity index (χ4v) is 1.55. The molecule has 0 bridgehead atoms. The quantitative estimate of drug-likeness (QED) is 0.797. The lowest BCUT2D eigenvalue weighted by atomic mass is 10.3. The zero-order chi connectivity index (χ0) is 13.1. The van der Waals surface area contributed by atoms with E-state index in [2.05, 4.69) is 9.97 Å². The summed E-state index contributed by atoms with van der Waals surface area (Å²) < 4.78 is 31.2. The van der Waals surface area contributed by atoms with Gasteiger partial charge in [-0.05, 0) is 0 Å². The molecule has 0 radical (unpaired) electrons. The maximum atomic E-state index is 13.0. The lowest BCUT2D eigenvalue weighted by Crippen LogP contribution is -1.97. The van der Waals surface area contributed by atoms with Crippen molar-refractivity contribution in [3.8, 4) is 11.6 Å². The van der Waals surface area contributed by atoms with Crippen molar-refractivity contribution in [2.75, 3.05) is 0 Å². The summed E-state index contributed by atoms with van der Waals surface area (Å²) in [5, 5.41) is 0.216. The van der Waals surface area contributed by atoms with Gasteiger partial charge in [-0.15, -0.1) is 0 Å². The molecule has 6 heteroatoms. The lowest BCUT2D eigenvalue weighted by molar-refractivity contribution is 0.448. The van der Waals surface area contributed by atoms with E-state index in [0.29, 0.717) is 12.2 Å². The van der Waals surface area contributed by atoms with E-state index >= 15 is 0 Å². The summed E-state index contributed by atoms with van der Waals surface area (Å²) in [7, 11) is 0. The number of benzene rings is 1. The highest BCUT2D eigenvalue weighted by Crippen LogP contribution is 2.23. The lowest BCUT2D eigenvalue weighted by Gasteiger charge is -2.06. The van der Waals surface area contributed by atoms with E-state index in [1.807, 2.05) is 6.92 Å². The average molecular weight is 271 g/mol. The third-order valence-electron chi connectivity index (χ3n) is 2.09. The van der Waals surface area contributed by atoms with Crippen LogP contribution in [0.15, 0.2) is 24.3 Å². The van der Waals surface area contributed by atoms with E-state index in [4.69, 9.17) is 16.3 Å². The molecule has 94 valence electrons. The third-order valence-corrected chi connectivity index (χ3v) is 2.29. The van der Waals surface area contributed by atoms with Crippen molar-refractivity contribution >= 4 is 11.6 Å². The molecule has 0 saturated heterocycles. The Morgan fingerprint density at radius 3 is 2.39 bits per heavy atom. The first-order chi connectivity index (χ1) is 8.56. The maximum Gasteiger partial charge on any atom is 0.224 e. The van der Waals surface area contributed by atoms with Gasteiger partial charge in [0.1, 0.15) is 28.4 Å². The molecule has 0 unspecified atom stereocenters. The zero-order valence-corrected chi connectivity index (χ0v) is 10.2. The summed E-state index contributed by atoms with van der Waals surface area (Å²) in [6.45, 7) is 1.86. The van der Waals surface area contributed by atoms with Crippen LogP contribution in [0.25, 0.3) is 0 Å². The second kappa shape index (κ2) is 5.27. The number of ether oxygens (including phenoxy) is 1. The molecule has 0 aliphatic carbocycles. The number of aryl methyl sites for hydroxylation is 1. The Labute approximate surface area is 107 Å². The van der Waals surface area contributed by atoms with E-state index in [0.717, 1.165) is 18.2 Å². The Morgan fingerprint density at radius 1 is 1.11 bits per heavy atom. The van der Waals surface area contributed by atoms with Crippen molar-refractivity contribution < 1.29 is 13.5 Å². The van der Waals surface area contributed by atoms with Crippen molar-refractivity contribution in [3.63, 3.8) is 0 Å². The van der Waals surface area contributed by atoms with Gasteiger partial charge in [0.2, 0.25) is 5.88 Å². The summed E-state index contributed by atoms with van der Waals surface area (Å²) in [4.78, 5) is 8.00. The van der Waals surface area contributed by atoms with Gasteiger partial charge < -0.3 is 4.74 Å². The van der Waals surface area contributed by atoms with Gasteiger partial charge in [0.15, 0.2) is 0 Å². The van der Waals surface area contributed by atoms with E-state index in [1.165, 1.54) is 6.07 Å². The minimum absolute atomic E-state index is 0.0179. The molecule has 3 nitrogen and oxygen atoms in total. The topological polar surface area (TPSA) is 35.0 Å². The first-order valence-corrected chi connectivity index (χ1v) is 5.62. The van der Waals surface area contributed by atoms with Crippen LogP contribution in [0.5, 0.6) is 11.6 Å². The fraction of sp³-hybridized carbons (Fsp3) is 0.167. The van der Waals surface area contributed by atoms with E-state index < -0.39 is 11.6 Å². The Balaban J connectivity index is 2.30. The summed E-state index contributed by atoms with van der Waals surface area (Å²) >= 11 is 5.78. The van der Waals surface area contributed by atoms with Gasteiger partial charge in [0.05, 0.1) is 0 Å². The second-order valence-electron chi connectivity index (χ2n) is 3.51. The summed E-state index contributed by atoms with van der Waals surface area (Å²) in [6.07, 6.45) is 0.578. The molecular weight excluding hydrogens is 262 g/mol. The maximum absolute atomic E-state index is 13.0. The molecule has 0 fully saturated rings. The molecule has 0 amide bonds. The van der Waals surface area contributed by atoms with Crippen LogP contribution in [0, 0.1) is 11.6 Å². The summed E-state index contributed by atoms with van der Waals surface area (Å²) in [5.41, 5.74) is 0. The highest BCUT2D eigenvalue weighted by atomic mass is 35.5. The van der Waals surface area contributed by atoms with Crippen molar-refractivity contribution in [2.45, 2.75) is 13.3 Å². The number of hydrogen-bond donors (Lipinski definition) is 0. The van der Waals surface area contributed by atoms with E-state index in [9.17, 15) is 8.78 Å². The van der Waals surface area contributed by atoms with Crippen molar-refractivity contribution in [1.29, 1.82) is 0 Å². The van der Waals surface area contributed by atoms with Crippen molar-refractivity contribution in [1.82, 2.24) is 9.97 Å². The number of aromatic nitrogens is 2. The molecule has 2 rings (SSSR count). The van der Waals surface area contributed by atoms with E-state index in [1.54, 1.807) is 0 Å². The first kappa shape index (κ1) is 12.7. The highest BCUT2D eigenvalue weighted by molar-refractivity contribution is 6.29. The van der Waals surface area contributed by atoms with Crippen LogP contribution in [-0.2, 0) is 6.42 Å².